The van der Waals surface area contributed by atoms with Crippen LogP contribution in [0, 0.1) is 11.8 Å². The molecule has 5 heteroatoms. The van der Waals surface area contributed by atoms with Crippen LogP contribution >= 0.6 is 0 Å². The first-order chi connectivity index (χ1) is 11.9. The standard InChI is InChI=1S/C19H25N5/c1-7-21-19(22-8-1)24-12-5-17(6-13-24)18-4-11-23(15-18)14-16-2-9-20-10-3-16/h1-3,7-10,17-18H,4-6,11-15H2. The number of rotatable bonds is 4. The molecule has 4 heterocycles. The molecule has 0 aromatic carbocycles. The molecule has 1 atom stereocenters. The highest BCUT2D eigenvalue weighted by atomic mass is 15.2. The normalized spacial score (nSPS) is 22.8. The summed E-state index contributed by atoms with van der Waals surface area (Å²) in [5.74, 6) is 2.60. The minimum atomic E-state index is 0.852. The molecule has 2 aromatic rings. The molecule has 0 aliphatic carbocycles. The van der Waals surface area contributed by atoms with E-state index in [-0.39, 0.29) is 0 Å². The molecule has 0 saturated carbocycles. The van der Waals surface area contributed by atoms with Gasteiger partial charge in [0, 0.05) is 51.0 Å². The number of likely N-dealkylation sites (tertiary alicyclic amines) is 1. The van der Waals surface area contributed by atoms with Crippen LogP contribution in [-0.2, 0) is 6.54 Å². The molecule has 0 spiro atoms. The third-order valence-electron chi connectivity index (χ3n) is 5.51. The van der Waals surface area contributed by atoms with Crippen molar-refractivity contribution in [1.29, 1.82) is 0 Å². The molecule has 2 aliphatic rings. The van der Waals surface area contributed by atoms with Gasteiger partial charge in [-0.3, -0.25) is 9.88 Å². The molecule has 2 fully saturated rings. The van der Waals surface area contributed by atoms with E-state index in [0.29, 0.717) is 0 Å². The second-order valence-electron chi connectivity index (χ2n) is 7.01. The first-order valence-corrected chi connectivity index (χ1v) is 9.02. The van der Waals surface area contributed by atoms with Crippen LogP contribution < -0.4 is 4.90 Å². The summed E-state index contributed by atoms with van der Waals surface area (Å²) in [6.07, 6.45) is 11.3. The van der Waals surface area contributed by atoms with Crippen LogP contribution in [0.5, 0.6) is 0 Å². The Morgan fingerprint density at radius 1 is 0.875 bits per heavy atom. The monoisotopic (exact) mass is 323 g/mol. The van der Waals surface area contributed by atoms with Crippen LogP contribution in [0.4, 0.5) is 5.95 Å². The molecule has 4 rings (SSSR count). The first-order valence-electron chi connectivity index (χ1n) is 9.02. The maximum absolute atomic E-state index is 4.39. The summed E-state index contributed by atoms with van der Waals surface area (Å²) in [6.45, 7) is 5.73. The fourth-order valence-corrected chi connectivity index (χ4v) is 4.16. The molecule has 0 amide bonds. The third kappa shape index (κ3) is 3.56. The Hall–Kier alpha value is -2.01. The van der Waals surface area contributed by atoms with Crippen molar-refractivity contribution in [3.8, 4) is 0 Å². The second-order valence-corrected chi connectivity index (χ2v) is 7.01. The number of piperidine rings is 1. The van der Waals surface area contributed by atoms with Crippen LogP contribution in [0.15, 0.2) is 43.0 Å². The fourth-order valence-electron chi connectivity index (χ4n) is 4.16. The largest absolute Gasteiger partial charge is 0.341 e. The summed E-state index contributed by atoms with van der Waals surface area (Å²) in [5, 5.41) is 0. The zero-order chi connectivity index (χ0) is 16.2. The third-order valence-corrected chi connectivity index (χ3v) is 5.51. The molecule has 0 bridgehead atoms. The van der Waals surface area contributed by atoms with Crippen molar-refractivity contribution in [2.24, 2.45) is 11.8 Å². The predicted molar refractivity (Wildman–Crippen MR) is 94.6 cm³/mol. The van der Waals surface area contributed by atoms with E-state index in [4.69, 9.17) is 0 Å². The Balaban J connectivity index is 1.28. The number of aromatic nitrogens is 3. The molecule has 2 saturated heterocycles. The lowest BCUT2D eigenvalue weighted by atomic mass is 9.84. The quantitative estimate of drug-likeness (QED) is 0.865. The number of pyridine rings is 1. The van der Waals surface area contributed by atoms with E-state index in [1.165, 1.54) is 37.9 Å². The van der Waals surface area contributed by atoms with Crippen molar-refractivity contribution in [2.75, 3.05) is 31.1 Å². The van der Waals surface area contributed by atoms with Crippen LogP contribution in [0.1, 0.15) is 24.8 Å². The molecule has 1 unspecified atom stereocenters. The Labute approximate surface area is 143 Å². The highest BCUT2D eigenvalue weighted by molar-refractivity contribution is 5.28. The van der Waals surface area contributed by atoms with Crippen molar-refractivity contribution in [3.63, 3.8) is 0 Å². The minimum Gasteiger partial charge on any atom is -0.341 e. The Bertz CT molecular complexity index is 625. The smallest absolute Gasteiger partial charge is 0.225 e. The van der Waals surface area contributed by atoms with E-state index in [1.807, 2.05) is 30.9 Å². The van der Waals surface area contributed by atoms with Gasteiger partial charge in [0.1, 0.15) is 0 Å². The van der Waals surface area contributed by atoms with Gasteiger partial charge in [-0.15, -0.1) is 0 Å². The number of nitrogens with zero attached hydrogens (tertiary/aromatic N) is 5. The lowest BCUT2D eigenvalue weighted by Crippen LogP contribution is -2.37. The van der Waals surface area contributed by atoms with Crippen LogP contribution in [0.25, 0.3) is 0 Å². The van der Waals surface area contributed by atoms with Gasteiger partial charge in [0.05, 0.1) is 0 Å². The van der Waals surface area contributed by atoms with E-state index in [9.17, 15) is 0 Å². The van der Waals surface area contributed by atoms with Crippen molar-refractivity contribution < 1.29 is 0 Å². The topological polar surface area (TPSA) is 45.2 Å². The summed E-state index contributed by atoms with van der Waals surface area (Å²) < 4.78 is 0. The van der Waals surface area contributed by atoms with E-state index in [1.54, 1.807) is 0 Å². The minimum absolute atomic E-state index is 0.852. The SMILES string of the molecule is c1cnc(N2CCC(C3CCN(Cc4ccncc4)C3)CC2)nc1. The van der Waals surface area contributed by atoms with Gasteiger partial charge in [-0.05, 0) is 61.4 Å². The maximum atomic E-state index is 4.39. The lowest BCUT2D eigenvalue weighted by Gasteiger charge is -2.34. The fraction of sp³-hybridized carbons (Fsp3) is 0.526. The van der Waals surface area contributed by atoms with E-state index < -0.39 is 0 Å². The van der Waals surface area contributed by atoms with Crippen molar-refractivity contribution >= 4 is 5.95 Å². The van der Waals surface area contributed by atoms with E-state index in [0.717, 1.165) is 37.4 Å². The van der Waals surface area contributed by atoms with Gasteiger partial charge in [-0.2, -0.15) is 0 Å². The van der Waals surface area contributed by atoms with Gasteiger partial charge in [0.2, 0.25) is 5.95 Å². The molecular formula is C19H25N5. The zero-order valence-electron chi connectivity index (χ0n) is 14.1. The van der Waals surface area contributed by atoms with Gasteiger partial charge < -0.3 is 4.90 Å². The summed E-state index contributed by atoms with van der Waals surface area (Å²) >= 11 is 0. The summed E-state index contributed by atoms with van der Waals surface area (Å²) in [4.78, 5) is 17.8. The van der Waals surface area contributed by atoms with Gasteiger partial charge in [-0.1, -0.05) is 0 Å². The maximum Gasteiger partial charge on any atom is 0.225 e. The molecule has 2 aliphatic heterocycles. The average molecular weight is 323 g/mol. The summed E-state index contributed by atoms with van der Waals surface area (Å²) in [6, 6.07) is 6.14. The highest BCUT2D eigenvalue weighted by Gasteiger charge is 2.32. The second kappa shape index (κ2) is 7.26. The van der Waals surface area contributed by atoms with Gasteiger partial charge in [0.25, 0.3) is 0 Å². The summed E-state index contributed by atoms with van der Waals surface area (Å²) in [7, 11) is 0. The molecule has 24 heavy (non-hydrogen) atoms. The number of hydrogen-bond acceptors (Lipinski definition) is 5. The lowest BCUT2D eigenvalue weighted by molar-refractivity contribution is 0.252. The van der Waals surface area contributed by atoms with Crippen LogP contribution in [0.2, 0.25) is 0 Å². The van der Waals surface area contributed by atoms with Gasteiger partial charge in [0.15, 0.2) is 0 Å². The van der Waals surface area contributed by atoms with E-state index >= 15 is 0 Å². The highest BCUT2D eigenvalue weighted by Crippen LogP contribution is 2.33. The zero-order valence-corrected chi connectivity index (χ0v) is 14.1. The van der Waals surface area contributed by atoms with Crippen LogP contribution in [0.3, 0.4) is 0 Å². The van der Waals surface area contributed by atoms with Crippen molar-refractivity contribution in [1.82, 2.24) is 19.9 Å². The first kappa shape index (κ1) is 15.5. The molecule has 0 N–H and O–H groups in total. The van der Waals surface area contributed by atoms with Crippen molar-refractivity contribution in [2.45, 2.75) is 25.8 Å². The van der Waals surface area contributed by atoms with E-state index in [2.05, 4.69) is 36.9 Å². The number of hydrogen-bond donors (Lipinski definition) is 0. The molecule has 2 aromatic heterocycles. The molecule has 5 nitrogen and oxygen atoms in total. The Morgan fingerprint density at radius 3 is 2.33 bits per heavy atom. The van der Waals surface area contributed by atoms with Gasteiger partial charge >= 0.3 is 0 Å². The van der Waals surface area contributed by atoms with Gasteiger partial charge in [-0.25, -0.2) is 9.97 Å². The van der Waals surface area contributed by atoms with Crippen molar-refractivity contribution in [3.05, 3.63) is 48.5 Å². The molecular weight excluding hydrogens is 298 g/mol. The molecule has 126 valence electrons. The molecule has 0 radical (unpaired) electrons. The predicted octanol–water partition coefficient (Wildman–Crippen LogP) is 2.61. The Morgan fingerprint density at radius 2 is 1.58 bits per heavy atom. The van der Waals surface area contributed by atoms with Crippen LogP contribution in [-0.4, -0.2) is 46.0 Å². The number of anilines is 1. The summed E-state index contributed by atoms with van der Waals surface area (Å²) in [5.41, 5.74) is 1.38. The Kier molecular flexibility index (Phi) is 4.69. The average Bonchev–Trinajstić information content (AvgIpc) is 3.12.